The molecule has 2 aromatic rings. The van der Waals surface area contributed by atoms with Crippen molar-refractivity contribution in [2.24, 2.45) is 0 Å². The lowest BCUT2D eigenvalue weighted by Gasteiger charge is -2.25. The highest BCUT2D eigenvalue weighted by Crippen LogP contribution is 2.40. The first kappa shape index (κ1) is 17.6. The fourth-order valence-electron chi connectivity index (χ4n) is 2.58. The van der Waals surface area contributed by atoms with Crippen molar-refractivity contribution in [1.82, 2.24) is 4.90 Å². The molecule has 1 heterocycles. The van der Waals surface area contributed by atoms with Crippen LogP contribution in [0.3, 0.4) is 0 Å². The van der Waals surface area contributed by atoms with Crippen LogP contribution in [0.15, 0.2) is 53.4 Å². The molecule has 2 nitrogen and oxygen atoms in total. The first-order valence-corrected chi connectivity index (χ1v) is 9.59. The Morgan fingerprint density at radius 1 is 1.21 bits per heavy atom. The highest BCUT2D eigenvalue weighted by atomic mass is 35.5. The van der Waals surface area contributed by atoms with E-state index in [0.717, 1.165) is 11.3 Å². The van der Waals surface area contributed by atoms with Crippen LogP contribution in [-0.2, 0) is 0 Å². The first-order valence-electron chi connectivity index (χ1n) is 7.28. The van der Waals surface area contributed by atoms with Crippen LogP contribution in [0.5, 0.6) is 0 Å². The van der Waals surface area contributed by atoms with Gasteiger partial charge in [0.1, 0.15) is 5.37 Å². The Morgan fingerprint density at radius 2 is 1.92 bits per heavy atom. The smallest absolute Gasteiger partial charge is 0.288 e. The molecule has 1 unspecified atom stereocenters. The Morgan fingerprint density at radius 3 is 2.62 bits per heavy atom. The third-order valence-corrected chi connectivity index (χ3v) is 5.94. The number of benzene rings is 2. The Hall–Kier alpha value is -1.24. The maximum Gasteiger partial charge on any atom is 0.288 e. The summed E-state index contributed by atoms with van der Waals surface area (Å²) in [6.45, 7) is 0.588. The second kappa shape index (κ2) is 7.76. The number of thioether (sulfide) groups is 2. The lowest BCUT2D eigenvalue weighted by Crippen LogP contribution is -2.30. The van der Waals surface area contributed by atoms with Gasteiger partial charge in [-0.3, -0.25) is 4.79 Å². The van der Waals surface area contributed by atoms with E-state index >= 15 is 0 Å². The van der Waals surface area contributed by atoms with Gasteiger partial charge in [0.25, 0.3) is 11.7 Å². The Bertz CT molecular complexity index is 727. The zero-order valence-electron chi connectivity index (χ0n) is 12.5. The van der Waals surface area contributed by atoms with Gasteiger partial charge in [-0.15, -0.1) is 11.8 Å². The minimum Gasteiger partial charge on any atom is -0.322 e. The highest BCUT2D eigenvalue weighted by molar-refractivity contribution is 8.00. The van der Waals surface area contributed by atoms with Gasteiger partial charge in [0, 0.05) is 22.2 Å². The zero-order chi connectivity index (χ0) is 17.1. The standard InChI is InChI=1S/C17H14ClF2NOS2/c18-12-7-5-11(6-8-12)16-21(9-10-23-16)15(22)13-3-1-2-4-14(13)24-17(19)20/h1-8,16-17H,9-10H2. The van der Waals surface area contributed by atoms with Crippen molar-refractivity contribution >= 4 is 41.0 Å². The number of carbonyl (C=O) groups is 1. The summed E-state index contributed by atoms with van der Waals surface area (Å²) >= 11 is 7.99. The normalized spacial score (nSPS) is 17.5. The minimum absolute atomic E-state index is 0.126. The molecule has 2 aromatic carbocycles. The van der Waals surface area contributed by atoms with Gasteiger partial charge in [0.05, 0.1) is 5.56 Å². The number of rotatable bonds is 4. The molecular formula is C17H14ClF2NOS2. The van der Waals surface area contributed by atoms with E-state index in [1.54, 1.807) is 53.1 Å². The average Bonchev–Trinajstić information content (AvgIpc) is 3.04. The van der Waals surface area contributed by atoms with Crippen molar-refractivity contribution in [3.8, 4) is 0 Å². The molecule has 7 heteroatoms. The monoisotopic (exact) mass is 385 g/mol. The van der Waals surface area contributed by atoms with E-state index < -0.39 is 5.76 Å². The number of alkyl halides is 2. The molecule has 1 amide bonds. The van der Waals surface area contributed by atoms with Crippen LogP contribution < -0.4 is 0 Å². The summed E-state index contributed by atoms with van der Waals surface area (Å²) in [5, 5.41) is 0.512. The van der Waals surface area contributed by atoms with E-state index in [1.165, 1.54) is 0 Å². The fourth-order valence-corrected chi connectivity index (χ4v) is 4.59. The van der Waals surface area contributed by atoms with Crippen LogP contribution in [0.4, 0.5) is 8.78 Å². The third-order valence-electron chi connectivity index (χ3n) is 3.64. The Balaban J connectivity index is 1.87. The maximum absolute atomic E-state index is 12.9. The summed E-state index contributed by atoms with van der Waals surface area (Å²) < 4.78 is 25.5. The number of carbonyl (C=O) groups excluding carboxylic acids is 1. The van der Waals surface area contributed by atoms with Gasteiger partial charge in [-0.25, -0.2) is 0 Å². The largest absolute Gasteiger partial charge is 0.322 e. The highest BCUT2D eigenvalue weighted by Gasteiger charge is 2.32. The molecule has 3 rings (SSSR count). The molecule has 0 bridgehead atoms. The molecule has 0 N–H and O–H groups in total. The lowest BCUT2D eigenvalue weighted by atomic mass is 10.1. The van der Waals surface area contributed by atoms with E-state index in [2.05, 4.69) is 0 Å². The Kier molecular flexibility index (Phi) is 5.69. The third kappa shape index (κ3) is 3.87. The molecule has 0 spiro atoms. The fraction of sp³-hybridized carbons (Fsp3) is 0.235. The molecule has 126 valence electrons. The van der Waals surface area contributed by atoms with Crippen LogP contribution in [0, 0.1) is 0 Å². The molecule has 1 aliphatic rings. The van der Waals surface area contributed by atoms with Crippen LogP contribution in [0.1, 0.15) is 21.3 Å². The lowest BCUT2D eigenvalue weighted by molar-refractivity contribution is 0.0757. The van der Waals surface area contributed by atoms with Gasteiger partial charge in [0.15, 0.2) is 0 Å². The van der Waals surface area contributed by atoms with Gasteiger partial charge in [0.2, 0.25) is 0 Å². The minimum atomic E-state index is -2.56. The summed E-state index contributed by atoms with van der Waals surface area (Å²) in [7, 11) is 0. The molecule has 1 atom stereocenters. The van der Waals surface area contributed by atoms with Gasteiger partial charge in [-0.1, -0.05) is 47.6 Å². The topological polar surface area (TPSA) is 20.3 Å². The molecule has 1 saturated heterocycles. The second-order valence-electron chi connectivity index (χ2n) is 5.15. The molecule has 24 heavy (non-hydrogen) atoms. The zero-order valence-corrected chi connectivity index (χ0v) is 14.9. The van der Waals surface area contributed by atoms with E-state index in [1.807, 2.05) is 12.1 Å². The summed E-state index contributed by atoms with van der Waals surface area (Å²) in [5.41, 5.74) is 1.30. The number of amides is 1. The van der Waals surface area contributed by atoms with Crippen molar-refractivity contribution < 1.29 is 13.6 Å². The van der Waals surface area contributed by atoms with Gasteiger partial charge < -0.3 is 4.90 Å². The molecule has 0 saturated carbocycles. The van der Waals surface area contributed by atoms with Crippen molar-refractivity contribution in [3.63, 3.8) is 0 Å². The summed E-state index contributed by atoms with van der Waals surface area (Å²) in [6.07, 6.45) is 0. The van der Waals surface area contributed by atoms with E-state index in [-0.39, 0.29) is 11.3 Å². The Labute approximate surface area is 152 Å². The van der Waals surface area contributed by atoms with Gasteiger partial charge >= 0.3 is 0 Å². The van der Waals surface area contributed by atoms with E-state index in [9.17, 15) is 13.6 Å². The molecule has 0 aromatic heterocycles. The second-order valence-corrected chi connectivity index (χ2v) is 7.80. The van der Waals surface area contributed by atoms with Gasteiger partial charge in [-0.2, -0.15) is 8.78 Å². The van der Waals surface area contributed by atoms with Crippen molar-refractivity contribution in [3.05, 3.63) is 64.7 Å². The number of halogens is 3. The molecule has 1 aliphatic heterocycles. The average molecular weight is 386 g/mol. The molecule has 1 fully saturated rings. The van der Waals surface area contributed by atoms with E-state index in [0.29, 0.717) is 33.8 Å². The predicted molar refractivity (Wildman–Crippen MR) is 96.0 cm³/mol. The van der Waals surface area contributed by atoms with E-state index in [4.69, 9.17) is 11.6 Å². The van der Waals surface area contributed by atoms with Crippen LogP contribution in [0.25, 0.3) is 0 Å². The maximum atomic E-state index is 12.9. The van der Waals surface area contributed by atoms with Crippen molar-refractivity contribution in [1.29, 1.82) is 0 Å². The van der Waals surface area contributed by atoms with Crippen molar-refractivity contribution in [2.75, 3.05) is 12.3 Å². The molecule has 0 aliphatic carbocycles. The van der Waals surface area contributed by atoms with Crippen LogP contribution >= 0.6 is 35.1 Å². The molecular weight excluding hydrogens is 372 g/mol. The van der Waals surface area contributed by atoms with Crippen LogP contribution in [-0.4, -0.2) is 28.9 Å². The summed E-state index contributed by atoms with van der Waals surface area (Å²) in [5.74, 6) is -1.97. The number of hydrogen-bond acceptors (Lipinski definition) is 3. The van der Waals surface area contributed by atoms with Crippen molar-refractivity contribution in [2.45, 2.75) is 16.0 Å². The quantitative estimate of drug-likeness (QED) is 0.644. The van der Waals surface area contributed by atoms with Gasteiger partial charge in [-0.05, 0) is 29.8 Å². The summed E-state index contributed by atoms with van der Waals surface area (Å²) in [4.78, 5) is 15.0. The number of nitrogens with zero attached hydrogens (tertiary/aromatic N) is 1. The SMILES string of the molecule is O=C(c1ccccc1SC(F)F)N1CCSC1c1ccc(Cl)cc1. The summed E-state index contributed by atoms with van der Waals surface area (Å²) in [6, 6.07) is 13.9. The van der Waals surface area contributed by atoms with Crippen LogP contribution in [0.2, 0.25) is 5.02 Å². The molecule has 0 radical (unpaired) electrons. The predicted octanol–water partition coefficient (Wildman–Crippen LogP) is 5.54. The number of hydrogen-bond donors (Lipinski definition) is 0. The first-order chi connectivity index (χ1) is 11.6.